The molecule has 188 valence electrons. The third kappa shape index (κ3) is 5.09. The van der Waals surface area contributed by atoms with Crippen LogP contribution in [0.15, 0.2) is 103 Å². The van der Waals surface area contributed by atoms with Gasteiger partial charge in [-0.1, -0.05) is 60.7 Å². The smallest absolute Gasteiger partial charge is 0.0518 e. The van der Waals surface area contributed by atoms with E-state index in [1.54, 1.807) is 6.20 Å². The number of allylic oxidation sites excluding steroid dienone is 9. The van der Waals surface area contributed by atoms with Crippen molar-refractivity contribution in [1.29, 1.82) is 0 Å². The number of benzene rings is 2. The molecule has 0 spiro atoms. The summed E-state index contributed by atoms with van der Waals surface area (Å²) in [5, 5.41) is 7.42. The van der Waals surface area contributed by atoms with E-state index < -0.39 is 0 Å². The Labute approximate surface area is 221 Å². The summed E-state index contributed by atoms with van der Waals surface area (Å²) in [5.41, 5.74) is 17.9. The zero-order valence-corrected chi connectivity index (χ0v) is 21.5. The van der Waals surface area contributed by atoms with Crippen LogP contribution in [-0.2, 0) is 0 Å². The van der Waals surface area contributed by atoms with Crippen molar-refractivity contribution in [2.45, 2.75) is 57.4 Å². The first-order valence-electron chi connectivity index (χ1n) is 13.9. The van der Waals surface area contributed by atoms with Gasteiger partial charge in [0.05, 0.1) is 6.04 Å². The van der Waals surface area contributed by atoms with Crippen molar-refractivity contribution in [1.82, 2.24) is 5.32 Å². The number of nitrogens with two attached hydrogens (primary N) is 1. The molecular weight excluding hydrogens is 450 g/mol. The minimum absolute atomic E-state index is 0.476. The molecule has 4 N–H and O–H groups in total. The largest absolute Gasteiger partial charge is 0.405 e. The van der Waals surface area contributed by atoms with Crippen molar-refractivity contribution < 1.29 is 0 Å². The maximum atomic E-state index is 5.64. The number of hydrogen-bond donors (Lipinski definition) is 3. The first-order chi connectivity index (χ1) is 18.3. The molecule has 3 heteroatoms. The molecule has 3 aliphatic carbocycles. The number of anilines is 1. The van der Waals surface area contributed by atoms with E-state index in [0.717, 1.165) is 25.7 Å². The molecule has 0 fully saturated rings. The summed E-state index contributed by atoms with van der Waals surface area (Å²) < 4.78 is 0. The van der Waals surface area contributed by atoms with E-state index in [9.17, 15) is 0 Å². The van der Waals surface area contributed by atoms with E-state index in [1.165, 1.54) is 76.1 Å². The lowest BCUT2D eigenvalue weighted by atomic mass is 9.85. The summed E-state index contributed by atoms with van der Waals surface area (Å²) in [6, 6.07) is 18.3. The highest BCUT2D eigenvalue weighted by molar-refractivity contribution is 5.87. The Bertz CT molecular complexity index is 1350. The highest BCUT2D eigenvalue weighted by Crippen LogP contribution is 2.41. The normalized spacial score (nSPS) is 23.3. The van der Waals surface area contributed by atoms with Crippen LogP contribution in [0.3, 0.4) is 0 Å². The lowest BCUT2D eigenvalue weighted by Crippen LogP contribution is -2.20. The van der Waals surface area contributed by atoms with E-state index >= 15 is 0 Å². The second-order valence-corrected chi connectivity index (χ2v) is 10.6. The molecule has 37 heavy (non-hydrogen) atoms. The van der Waals surface area contributed by atoms with Crippen LogP contribution in [-0.4, -0.2) is 6.04 Å². The van der Waals surface area contributed by atoms with Crippen LogP contribution in [0.2, 0.25) is 0 Å². The molecule has 3 nitrogen and oxygen atoms in total. The molecule has 2 atom stereocenters. The van der Waals surface area contributed by atoms with Crippen LogP contribution in [0.1, 0.15) is 68.1 Å². The molecular formula is C34H37N3. The topological polar surface area (TPSA) is 50.1 Å². The summed E-state index contributed by atoms with van der Waals surface area (Å²) >= 11 is 0. The summed E-state index contributed by atoms with van der Waals surface area (Å²) in [4.78, 5) is 0. The Kier molecular flexibility index (Phi) is 6.86. The maximum absolute atomic E-state index is 5.64. The van der Waals surface area contributed by atoms with E-state index in [4.69, 9.17) is 5.73 Å². The van der Waals surface area contributed by atoms with Crippen LogP contribution >= 0.6 is 0 Å². The van der Waals surface area contributed by atoms with Crippen LogP contribution in [0.4, 0.5) is 5.69 Å². The first-order valence-corrected chi connectivity index (χ1v) is 13.9. The molecule has 0 bridgehead atoms. The number of hydrogen-bond acceptors (Lipinski definition) is 3. The number of rotatable bonds is 6. The third-order valence-electron chi connectivity index (χ3n) is 8.19. The Morgan fingerprint density at radius 1 is 0.946 bits per heavy atom. The van der Waals surface area contributed by atoms with Crippen molar-refractivity contribution in [3.05, 3.63) is 119 Å². The van der Waals surface area contributed by atoms with E-state index in [0.29, 0.717) is 12.0 Å². The molecule has 0 radical (unpaired) electrons. The lowest BCUT2D eigenvalue weighted by molar-refractivity contribution is 0.610. The van der Waals surface area contributed by atoms with Crippen LogP contribution < -0.4 is 16.4 Å². The fraction of sp³-hybridized carbons (Fsp3) is 0.294. The monoisotopic (exact) mass is 487 g/mol. The minimum atomic E-state index is 0.476. The molecule has 0 aromatic heterocycles. The van der Waals surface area contributed by atoms with E-state index in [1.807, 2.05) is 6.08 Å². The molecule has 2 aromatic rings. The second kappa shape index (κ2) is 10.7. The molecule has 2 aromatic carbocycles. The second-order valence-electron chi connectivity index (χ2n) is 10.6. The Hall–Kier alpha value is -3.72. The average molecular weight is 488 g/mol. The maximum Gasteiger partial charge on any atom is 0.0518 e. The average Bonchev–Trinajstić information content (AvgIpc) is 3.32. The zero-order valence-electron chi connectivity index (χ0n) is 21.5. The molecule has 0 amide bonds. The molecule has 1 aliphatic heterocycles. The van der Waals surface area contributed by atoms with Gasteiger partial charge in [0.25, 0.3) is 0 Å². The SMILES string of the molecule is N/C=C/C1=CC(c2cccc(C3=C(N/C=C\C4C=C5c6ccccc6NC5CC4)CCCC3)c2)=CCC1. The van der Waals surface area contributed by atoms with Crippen molar-refractivity contribution >= 4 is 22.4 Å². The summed E-state index contributed by atoms with van der Waals surface area (Å²) in [6.07, 6.45) is 24.6. The van der Waals surface area contributed by atoms with E-state index in [2.05, 4.69) is 89.7 Å². The molecule has 4 aliphatic rings. The van der Waals surface area contributed by atoms with Gasteiger partial charge in [-0.2, -0.15) is 0 Å². The van der Waals surface area contributed by atoms with Gasteiger partial charge in [0.15, 0.2) is 0 Å². The van der Waals surface area contributed by atoms with E-state index in [-0.39, 0.29) is 0 Å². The minimum Gasteiger partial charge on any atom is -0.405 e. The van der Waals surface area contributed by atoms with Crippen LogP contribution in [0.25, 0.3) is 16.7 Å². The summed E-state index contributed by atoms with van der Waals surface area (Å²) in [5.74, 6) is 0.476. The van der Waals surface area contributed by atoms with Crippen LogP contribution in [0.5, 0.6) is 0 Å². The van der Waals surface area contributed by atoms with Gasteiger partial charge in [-0.15, -0.1) is 0 Å². The van der Waals surface area contributed by atoms with Crippen molar-refractivity contribution in [2.24, 2.45) is 11.7 Å². The van der Waals surface area contributed by atoms with Crippen LogP contribution in [0, 0.1) is 5.92 Å². The molecule has 1 heterocycles. The van der Waals surface area contributed by atoms with Gasteiger partial charge in [0.1, 0.15) is 0 Å². The lowest BCUT2D eigenvalue weighted by Gasteiger charge is -2.24. The standard InChI is InChI=1S/C34H37N3/c35-19-17-24-7-5-8-26(21-24)27-9-6-10-28(23-27)29-11-1-3-13-32(29)36-20-18-25-15-16-34-31(22-25)30-12-2-4-14-33(30)37-34/h2,4,6,8-10,12,14,17-23,25,34,36-37H,1,3,5,7,11,13,15-16,35H2/b19-17+,20-18-. The van der Waals surface area contributed by atoms with Gasteiger partial charge in [0, 0.05) is 16.9 Å². The predicted molar refractivity (Wildman–Crippen MR) is 157 cm³/mol. The highest BCUT2D eigenvalue weighted by Gasteiger charge is 2.29. The predicted octanol–water partition coefficient (Wildman–Crippen LogP) is 7.94. The quantitative estimate of drug-likeness (QED) is 0.388. The van der Waals surface area contributed by atoms with Gasteiger partial charge < -0.3 is 16.4 Å². The Morgan fingerprint density at radius 2 is 1.84 bits per heavy atom. The molecule has 6 rings (SSSR count). The number of para-hydroxylation sites is 1. The van der Waals surface area contributed by atoms with Gasteiger partial charge in [0.2, 0.25) is 0 Å². The fourth-order valence-corrected chi connectivity index (χ4v) is 6.30. The van der Waals surface area contributed by atoms with Gasteiger partial charge in [-0.25, -0.2) is 0 Å². The van der Waals surface area contributed by atoms with Gasteiger partial charge in [-0.05, 0) is 121 Å². The molecule has 0 saturated carbocycles. The number of nitrogens with one attached hydrogen (secondary N) is 2. The summed E-state index contributed by atoms with van der Waals surface area (Å²) in [7, 11) is 0. The van der Waals surface area contributed by atoms with Crippen molar-refractivity contribution in [3.8, 4) is 0 Å². The third-order valence-corrected chi connectivity index (χ3v) is 8.19. The first kappa shape index (κ1) is 23.7. The number of fused-ring (bicyclic) bond motifs is 3. The zero-order chi connectivity index (χ0) is 25.0. The summed E-state index contributed by atoms with van der Waals surface area (Å²) in [6.45, 7) is 0. The Balaban J connectivity index is 1.21. The molecule has 0 saturated heterocycles. The van der Waals surface area contributed by atoms with Gasteiger partial charge >= 0.3 is 0 Å². The van der Waals surface area contributed by atoms with Crippen molar-refractivity contribution in [3.63, 3.8) is 0 Å². The van der Waals surface area contributed by atoms with Crippen molar-refractivity contribution in [2.75, 3.05) is 5.32 Å². The Morgan fingerprint density at radius 3 is 2.78 bits per heavy atom. The molecule has 2 unspecified atom stereocenters. The fourth-order valence-electron chi connectivity index (χ4n) is 6.30. The van der Waals surface area contributed by atoms with Gasteiger partial charge in [-0.3, -0.25) is 0 Å². The highest BCUT2D eigenvalue weighted by atomic mass is 15.0.